The molecule has 2 unspecified atom stereocenters. The molecule has 2 saturated heterocycles. The molecule has 96 valence electrons. The second-order valence-electron chi connectivity index (χ2n) is 6.54. The highest BCUT2D eigenvalue weighted by atomic mass is 16.1. The van der Waals surface area contributed by atoms with Gasteiger partial charge in [0.05, 0.1) is 0 Å². The molecule has 0 amide bonds. The van der Waals surface area contributed by atoms with Crippen LogP contribution in [0.25, 0.3) is 0 Å². The normalized spacial score (nSPS) is 38.8. The van der Waals surface area contributed by atoms with Crippen LogP contribution < -0.4 is 0 Å². The maximum atomic E-state index is 12.3. The molecule has 1 aliphatic carbocycles. The van der Waals surface area contributed by atoms with Gasteiger partial charge in [-0.3, -0.25) is 4.79 Å². The molecule has 2 heterocycles. The topological polar surface area (TPSA) is 20.3 Å². The number of piperidine rings is 2. The first kappa shape index (κ1) is 11.7. The van der Waals surface area contributed by atoms with Gasteiger partial charge in [-0.1, -0.05) is 25.7 Å². The number of hydrogen-bond acceptors (Lipinski definition) is 2. The number of hydrogen-bond donors (Lipinski definition) is 0. The highest BCUT2D eigenvalue weighted by Crippen LogP contribution is 2.38. The molecular formula is C15H25NO. The lowest BCUT2D eigenvalue weighted by molar-refractivity contribution is -0.128. The number of fused-ring (bicyclic) bond motifs is 2. The van der Waals surface area contributed by atoms with Crippen LogP contribution in [0.5, 0.6) is 0 Å². The van der Waals surface area contributed by atoms with Gasteiger partial charge >= 0.3 is 0 Å². The van der Waals surface area contributed by atoms with Gasteiger partial charge in [0.1, 0.15) is 5.78 Å². The van der Waals surface area contributed by atoms with Gasteiger partial charge in [-0.25, -0.2) is 0 Å². The number of carbonyl (C=O) groups excluding carboxylic acids is 1. The van der Waals surface area contributed by atoms with Crippen LogP contribution in [-0.2, 0) is 4.79 Å². The first-order valence-corrected chi connectivity index (χ1v) is 7.48. The van der Waals surface area contributed by atoms with Gasteiger partial charge in [0, 0.05) is 24.4 Å². The van der Waals surface area contributed by atoms with Crippen LogP contribution >= 0.6 is 0 Å². The molecule has 0 aromatic heterocycles. The van der Waals surface area contributed by atoms with Crippen molar-refractivity contribution in [2.75, 3.05) is 7.05 Å². The Labute approximate surface area is 105 Å². The van der Waals surface area contributed by atoms with Crippen LogP contribution in [0.1, 0.15) is 57.8 Å². The van der Waals surface area contributed by atoms with Gasteiger partial charge in [-0.05, 0) is 38.6 Å². The summed E-state index contributed by atoms with van der Waals surface area (Å²) in [5.74, 6) is 1.75. The molecular weight excluding hydrogens is 210 g/mol. The largest absolute Gasteiger partial charge is 0.300 e. The quantitative estimate of drug-likeness (QED) is 0.749. The number of nitrogens with zero attached hydrogens (tertiary/aromatic N) is 1. The molecule has 2 heteroatoms. The Balaban J connectivity index is 1.58. The van der Waals surface area contributed by atoms with Crippen LogP contribution in [0.15, 0.2) is 0 Å². The summed E-state index contributed by atoms with van der Waals surface area (Å²) >= 11 is 0. The summed E-state index contributed by atoms with van der Waals surface area (Å²) in [5.41, 5.74) is 0. The average Bonchev–Trinajstić information content (AvgIpc) is 2.22. The molecule has 1 saturated carbocycles. The predicted molar refractivity (Wildman–Crippen MR) is 68.9 cm³/mol. The Bertz CT molecular complexity index is 283. The van der Waals surface area contributed by atoms with Crippen molar-refractivity contribution in [1.82, 2.24) is 4.90 Å². The predicted octanol–water partition coefficient (Wildman–Crippen LogP) is 3.01. The highest BCUT2D eigenvalue weighted by molar-refractivity contribution is 5.81. The maximum absolute atomic E-state index is 12.3. The van der Waals surface area contributed by atoms with Crippen molar-refractivity contribution in [3.8, 4) is 0 Å². The fourth-order valence-electron chi connectivity index (χ4n) is 4.03. The van der Waals surface area contributed by atoms with Crippen LogP contribution in [0.3, 0.4) is 0 Å². The van der Waals surface area contributed by atoms with E-state index in [-0.39, 0.29) is 0 Å². The molecule has 3 fully saturated rings. The third-order valence-corrected chi connectivity index (χ3v) is 5.51. The van der Waals surface area contributed by atoms with Crippen molar-refractivity contribution in [2.24, 2.45) is 11.8 Å². The van der Waals surface area contributed by atoms with E-state index in [2.05, 4.69) is 11.9 Å². The zero-order chi connectivity index (χ0) is 11.8. The highest BCUT2D eigenvalue weighted by Gasteiger charge is 2.39. The van der Waals surface area contributed by atoms with Gasteiger partial charge < -0.3 is 4.90 Å². The molecule has 2 bridgehead atoms. The summed E-state index contributed by atoms with van der Waals surface area (Å²) in [5, 5.41) is 0. The molecule has 0 aromatic rings. The summed E-state index contributed by atoms with van der Waals surface area (Å²) in [6, 6.07) is 1.41. The van der Waals surface area contributed by atoms with Crippen LogP contribution in [-0.4, -0.2) is 29.8 Å². The molecule has 17 heavy (non-hydrogen) atoms. The fourth-order valence-corrected chi connectivity index (χ4v) is 4.03. The summed E-state index contributed by atoms with van der Waals surface area (Å²) in [7, 11) is 2.26. The van der Waals surface area contributed by atoms with Crippen molar-refractivity contribution < 1.29 is 4.79 Å². The minimum Gasteiger partial charge on any atom is -0.300 e. The molecule has 0 radical (unpaired) electrons. The van der Waals surface area contributed by atoms with Crippen LogP contribution in [0.4, 0.5) is 0 Å². The maximum Gasteiger partial charge on any atom is 0.136 e. The first-order valence-electron chi connectivity index (χ1n) is 7.48. The zero-order valence-corrected chi connectivity index (χ0v) is 11.0. The number of rotatable bonds is 3. The second-order valence-corrected chi connectivity index (χ2v) is 6.54. The zero-order valence-electron chi connectivity index (χ0n) is 11.0. The van der Waals surface area contributed by atoms with E-state index in [4.69, 9.17) is 0 Å². The monoisotopic (exact) mass is 235 g/mol. The van der Waals surface area contributed by atoms with E-state index in [1.807, 2.05) is 0 Å². The third-order valence-electron chi connectivity index (χ3n) is 5.51. The fraction of sp³-hybridized carbons (Fsp3) is 0.933. The molecule has 2 aliphatic heterocycles. The first-order chi connectivity index (χ1) is 8.24. The Morgan fingerprint density at radius 2 is 1.65 bits per heavy atom. The van der Waals surface area contributed by atoms with Crippen molar-refractivity contribution >= 4 is 5.78 Å². The van der Waals surface area contributed by atoms with Crippen molar-refractivity contribution in [3.63, 3.8) is 0 Å². The number of ketones is 1. The smallest absolute Gasteiger partial charge is 0.136 e. The lowest BCUT2D eigenvalue weighted by atomic mass is 9.73. The summed E-state index contributed by atoms with van der Waals surface area (Å²) in [4.78, 5) is 14.9. The Kier molecular flexibility index (Phi) is 3.25. The number of carbonyl (C=O) groups is 1. The number of Topliss-reactive ketones (excluding diaryl/α,β-unsaturated/α-hetero) is 1. The summed E-state index contributed by atoms with van der Waals surface area (Å²) in [6.07, 6.45) is 11.2. The van der Waals surface area contributed by atoms with Crippen molar-refractivity contribution in [1.29, 1.82) is 0 Å². The van der Waals surface area contributed by atoms with E-state index in [1.54, 1.807) is 0 Å². The Morgan fingerprint density at radius 3 is 2.18 bits per heavy atom. The van der Waals surface area contributed by atoms with Crippen molar-refractivity contribution in [3.05, 3.63) is 0 Å². The van der Waals surface area contributed by atoms with Crippen LogP contribution in [0.2, 0.25) is 0 Å². The second kappa shape index (κ2) is 4.72. The molecule has 3 aliphatic rings. The SMILES string of the molecule is CN1C2CCCC1CC(C(=O)CC1CCC1)C2. The van der Waals surface area contributed by atoms with Gasteiger partial charge in [0.15, 0.2) is 0 Å². The van der Waals surface area contributed by atoms with Crippen molar-refractivity contribution in [2.45, 2.75) is 69.9 Å². The minimum absolute atomic E-state index is 0.405. The van der Waals surface area contributed by atoms with Gasteiger partial charge in [0.2, 0.25) is 0 Å². The summed E-state index contributed by atoms with van der Waals surface area (Å²) in [6.45, 7) is 0. The van der Waals surface area contributed by atoms with E-state index in [0.29, 0.717) is 23.8 Å². The van der Waals surface area contributed by atoms with E-state index in [0.717, 1.165) is 25.2 Å². The standard InChI is InChI=1S/C15H25NO/c1-16-13-6-3-7-14(16)10-12(9-13)15(17)8-11-4-2-5-11/h11-14H,2-10H2,1H3. The van der Waals surface area contributed by atoms with E-state index < -0.39 is 0 Å². The van der Waals surface area contributed by atoms with E-state index >= 15 is 0 Å². The van der Waals surface area contributed by atoms with Gasteiger partial charge in [-0.2, -0.15) is 0 Å². The lowest BCUT2D eigenvalue weighted by Crippen LogP contribution is -2.51. The summed E-state index contributed by atoms with van der Waals surface area (Å²) < 4.78 is 0. The lowest BCUT2D eigenvalue weighted by Gasteiger charge is -2.47. The van der Waals surface area contributed by atoms with E-state index in [1.165, 1.54) is 38.5 Å². The molecule has 2 nitrogen and oxygen atoms in total. The molecule has 2 atom stereocenters. The van der Waals surface area contributed by atoms with Gasteiger partial charge in [0.25, 0.3) is 0 Å². The Morgan fingerprint density at radius 1 is 1.06 bits per heavy atom. The van der Waals surface area contributed by atoms with E-state index in [9.17, 15) is 4.79 Å². The molecule has 0 aromatic carbocycles. The van der Waals surface area contributed by atoms with Gasteiger partial charge in [-0.15, -0.1) is 0 Å². The Hall–Kier alpha value is -0.370. The molecule has 3 rings (SSSR count). The van der Waals surface area contributed by atoms with Crippen LogP contribution in [0, 0.1) is 11.8 Å². The molecule has 0 spiro atoms. The molecule has 0 N–H and O–H groups in total. The minimum atomic E-state index is 0.405. The average molecular weight is 235 g/mol. The third kappa shape index (κ3) is 2.29.